The smallest absolute Gasteiger partial charge is 0.211 e. The summed E-state index contributed by atoms with van der Waals surface area (Å²) in [5.41, 5.74) is 8.74. The number of aromatic nitrogens is 1. The number of sulfonamides is 1. The second kappa shape index (κ2) is 10.6. The molecule has 2 aromatic carbocycles. The number of hydrogen-bond donors (Lipinski definition) is 3. The number of aliphatic hydroxyl groups excluding tert-OH is 1. The minimum atomic E-state index is -3.57. The van der Waals surface area contributed by atoms with Crippen molar-refractivity contribution in [3.05, 3.63) is 81.9 Å². The molecule has 0 bridgehead atoms. The number of benzene rings is 2. The van der Waals surface area contributed by atoms with Crippen molar-refractivity contribution in [2.24, 2.45) is 5.73 Å². The molecule has 0 aliphatic rings. The quantitative estimate of drug-likeness (QED) is 0.252. The highest BCUT2D eigenvalue weighted by Gasteiger charge is 2.22. The van der Waals surface area contributed by atoms with Crippen molar-refractivity contribution in [2.75, 3.05) is 17.7 Å². The van der Waals surface area contributed by atoms with Crippen molar-refractivity contribution >= 4 is 26.5 Å². The molecular weight excluding hydrogens is 444 g/mol. The molecule has 1 atom stereocenters. The molecule has 0 fully saturated rings. The molecule has 3 aromatic rings. The van der Waals surface area contributed by atoms with Gasteiger partial charge in [-0.15, -0.1) is 11.3 Å². The topological polar surface area (TPSA) is 109 Å². The maximum Gasteiger partial charge on any atom is 0.211 e. The number of aryl methyl sites for hydroxylation is 1. The Bertz CT molecular complexity index is 1200. The molecule has 0 aliphatic carbocycles. The van der Waals surface area contributed by atoms with Gasteiger partial charge >= 0.3 is 0 Å². The Morgan fingerprint density at radius 3 is 2.47 bits per heavy atom. The minimum absolute atomic E-state index is 0.318. The summed E-state index contributed by atoms with van der Waals surface area (Å²) in [5.74, 6) is 2.83. The lowest BCUT2D eigenvalue weighted by molar-refractivity contribution is 0.162. The molecule has 9 heteroatoms. The maximum atomic E-state index is 11.5. The zero-order chi connectivity index (χ0) is 23.1. The van der Waals surface area contributed by atoms with Gasteiger partial charge in [0.2, 0.25) is 10.0 Å². The summed E-state index contributed by atoms with van der Waals surface area (Å²) in [6, 6.07) is 20.4. The third kappa shape index (κ3) is 6.80. The zero-order valence-corrected chi connectivity index (χ0v) is 19.6. The molecule has 1 aromatic heterocycles. The summed E-state index contributed by atoms with van der Waals surface area (Å²) < 4.78 is 25.2. The van der Waals surface area contributed by atoms with E-state index in [9.17, 15) is 13.5 Å². The van der Waals surface area contributed by atoms with Crippen LogP contribution in [0.15, 0.2) is 54.6 Å². The highest BCUT2D eigenvalue weighted by atomic mass is 32.2. The fourth-order valence-corrected chi connectivity index (χ4v) is 4.67. The largest absolute Gasteiger partial charge is 0.372 e. The monoisotopic (exact) mass is 470 g/mol. The van der Waals surface area contributed by atoms with Crippen molar-refractivity contribution in [3.8, 4) is 12.0 Å². The Balaban J connectivity index is 1.82. The summed E-state index contributed by atoms with van der Waals surface area (Å²) in [7, 11) is -3.57. The Morgan fingerprint density at radius 2 is 1.84 bits per heavy atom. The van der Waals surface area contributed by atoms with E-state index >= 15 is 0 Å². The lowest BCUT2D eigenvalue weighted by Gasteiger charge is -2.22. The van der Waals surface area contributed by atoms with Crippen molar-refractivity contribution < 1.29 is 13.5 Å². The highest BCUT2D eigenvalue weighted by molar-refractivity contribution is 7.88. The van der Waals surface area contributed by atoms with Crippen LogP contribution in [0.2, 0.25) is 0 Å². The van der Waals surface area contributed by atoms with E-state index in [4.69, 9.17) is 5.73 Å². The fraction of sp³-hybridized carbons (Fsp3) is 0.261. The molecule has 4 N–H and O–H groups in total. The average Bonchev–Trinajstić information content (AvgIpc) is 3.13. The van der Waals surface area contributed by atoms with E-state index in [-0.39, 0.29) is 0 Å². The van der Waals surface area contributed by atoms with Crippen LogP contribution in [-0.2, 0) is 23.0 Å². The van der Waals surface area contributed by atoms with Crippen LogP contribution in [0.3, 0.4) is 0 Å². The molecular formula is C23H26N4O3S2. The van der Waals surface area contributed by atoms with Crippen molar-refractivity contribution in [2.45, 2.75) is 26.1 Å². The van der Waals surface area contributed by atoms with E-state index in [2.05, 4.69) is 38.7 Å². The van der Waals surface area contributed by atoms with Gasteiger partial charge < -0.3 is 15.7 Å². The van der Waals surface area contributed by atoms with E-state index in [1.54, 1.807) is 0 Å². The molecule has 0 aliphatic heterocycles. The predicted molar refractivity (Wildman–Crippen MR) is 128 cm³/mol. The second-order valence-electron chi connectivity index (χ2n) is 7.35. The van der Waals surface area contributed by atoms with Crippen molar-refractivity contribution in [1.82, 2.24) is 9.71 Å². The first-order chi connectivity index (χ1) is 15.2. The third-order valence-corrected chi connectivity index (χ3v) is 6.43. The first-order valence-corrected chi connectivity index (χ1v) is 12.7. The van der Waals surface area contributed by atoms with Gasteiger partial charge in [-0.25, -0.2) is 13.4 Å². The number of aliphatic hydroxyl groups is 1. The number of anilines is 1. The Labute approximate surface area is 193 Å². The summed E-state index contributed by atoms with van der Waals surface area (Å²) in [5, 5.41) is 11.0. The number of nitrogens with zero attached hydrogens (tertiary/aromatic N) is 2. The number of rotatable bonds is 9. The van der Waals surface area contributed by atoms with Crippen LogP contribution in [0, 0.1) is 18.9 Å². The van der Waals surface area contributed by atoms with E-state index in [0.717, 1.165) is 39.4 Å². The highest BCUT2D eigenvalue weighted by Crippen LogP contribution is 2.30. The van der Waals surface area contributed by atoms with E-state index in [0.29, 0.717) is 18.8 Å². The van der Waals surface area contributed by atoms with Gasteiger partial charge in [0, 0.05) is 29.6 Å². The van der Waals surface area contributed by atoms with Crippen LogP contribution in [0.5, 0.6) is 0 Å². The Hall–Kier alpha value is -2.90. The molecule has 0 saturated carbocycles. The van der Waals surface area contributed by atoms with Crippen LogP contribution < -0.4 is 15.4 Å². The van der Waals surface area contributed by atoms with Gasteiger partial charge in [0.05, 0.1) is 6.26 Å². The number of nitrogens with one attached hydrogen (secondary N) is 1. The first-order valence-electron chi connectivity index (χ1n) is 9.97. The van der Waals surface area contributed by atoms with E-state index < -0.39 is 16.3 Å². The van der Waals surface area contributed by atoms with Crippen molar-refractivity contribution in [3.63, 3.8) is 0 Å². The fourth-order valence-electron chi connectivity index (χ4n) is 3.19. The lowest BCUT2D eigenvalue weighted by Crippen LogP contribution is -2.28. The van der Waals surface area contributed by atoms with E-state index in [1.165, 1.54) is 11.3 Å². The Kier molecular flexibility index (Phi) is 7.88. The summed E-state index contributed by atoms with van der Waals surface area (Å²) >= 11 is 1.43. The zero-order valence-electron chi connectivity index (χ0n) is 17.9. The van der Waals surface area contributed by atoms with Crippen LogP contribution >= 0.6 is 11.3 Å². The molecule has 3 rings (SSSR count). The van der Waals surface area contributed by atoms with Crippen LogP contribution in [0.4, 0.5) is 5.13 Å². The summed E-state index contributed by atoms with van der Waals surface area (Å²) in [6.45, 7) is 3.15. The van der Waals surface area contributed by atoms with Crippen LogP contribution in [0.25, 0.3) is 0 Å². The first kappa shape index (κ1) is 23.8. The third-order valence-electron chi connectivity index (χ3n) is 4.73. The molecule has 0 spiro atoms. The summed E-state index contributed by atoms with van der Waals surface area (Å²) in [6.07, 6.45) is 0.399. The van der Waals surface area contributed by atoms with Gasteiger partial charge in [0.1, 0.15) is 5.69 Å². The molecule has 0 saturated heterocycles. The number of thiazole rings is 1. The molecule has 168 valence electrons. The standard InChI is InChI=1S/C23H26N4O3S2/c1-17-21(22(28)26-32(2,29)30)25-23(31-17)27(16-20-6-4-3-5-7-20)15-13-19-10-8-18(9-11-19)12-14-24/h3-11,22,26,28H,13,15-16,24H2,1-2H3. The van der Waals surface area contributed by atoms with Gasteiger partial charge in [-0.2, -0.15) is 4.72 Å². The van der Waals surface area contributed by atoms with Gasteiger partial charge in [0.15, 0.2) is 11.4 Å². The molecule has 1 heterocycles. The van der Waals surface area contributed by atoms with Crippen molar-refractivity contribution in [1.29, 1.82) is 0 Å². The van der Waals surface area contributed by atoms with Gasteiger partial charge in [-0.1, -0.05) is 42.5 Å². The molecule has 7 nitrogen and oxygen atoms in total. The molecule has 0 amide bonds. The second-order valence-corrected chi connectivity index (χ2v) is 10.3. The minimum Gasteiger partial charge on any atom is -0.372 e. The summed E-state index contributed by atoms with van der Waals surface area (Å²) in [4.78, 5) is 7.47. The Morgan fingerprint density at radius 1 is 1.16 bits per heavy atom. The number of nitrogens with two attached hydrogens (primary N) is 1. The van der Waals surface area contributed by atoms with E-state index in [1.807, 2.05) is 49.4 Å². The molecule has 32 heavy (non-hydrogen) atoms. The average molecular weight is 471 g/mol. The van der Waals surface area contributed by atoms with Crippen LogP contribution in [0.1, 0.15) is 33.5 Å². The number of hydrogen-bond acceptors (Lipinski definition) is 7. The van der Waals surface area contributed by atoms with Gasteiger partial charge in [0.25, 0.3) is 0 Å². The van der Waals surface area contributed by atoms with Crippen LogP contribution in [-0.4, -0.2) is 31.3 Å². The van der Waals surface area contributed by atoms with Gasteiger partial charge in [-0.3, -0.25) is 0 Å². The maximum absolute atomic E-state index is 11.5. The molecule has 0 radical (unpaired) electrons. The predicted octanol–water partition coefficient (Wildman–Crippen LogP) is 2.51. The normalized spacial score (nSPS) is 12.1. The lowest BCUT2D eigenvalue weighted by atomic mass is 10.1. The van der Waals surface area contributed by atoms with Gasteiger partial charge in [-0.05, 0) is 42.5 Å². The SMILES string of the molecule is Cc1sc(N(CCc2ccc(C#CN)cc2)Cc2ccccc2)nc1C(O)NS(C)(=O)=O. The molecule has 1 unspecified atom stereocenters.